The van der Waals surface area contributed by atoms with Crippen LogP contribution >= 0.6 is 15.6 Å². The number of phosphoric ester groups is 2. The van der Waals surface area contributed by atoms with Crippen molar-refractivity contribution in [2.45, 2.75) is 495 Å². The second-order valence-corrected chi connectivity index (χ2v) is 34.2. The Labute approximate surface area is 651 Å². The van der Waals surface area contributed by atoms with Gasteiger partial charge in [0.2, 0.25) is 0 Å². The van der Waals surface area contributed by atoms with E-state index in [9.17, 15) is 43.2 Å². The van der Waals surface area contributed by atoms with Crippen LogP contribution in [0.5, 0.6) is 0 Å². The topological polar surface area (TPSA) is 237 Å². The molecule has 0 heterocycles. The predicted octanol–water partition coefficient (Wildman–Crippen LogP) is 26.9. The quantitative estimate of drug-likeness (QED) is 0.0222. The van der Waals surface area contributed by atoms with Crippen LogP contribution in [0, 0.1) is 0 Å². The molecule has 0 radical (unpaired) electrons. The van der Waals surface area contributed by atoms with E-state index < -0.39 is 97.5 Å². The van der Waals surface area contributed by atoms with Crippen LogP contribution in [0.15, 0.2) is 0 Å². The molecule has 0 aliphatic heterocycles. The maximum atomic E-state index is 13.2. The molecular formula is C87H170O17P2. The summed E-state index contributed by atoms with van der Waals surface area (Å²) < 4.78 is 69.0. The highest BCUT2D eigenvalue weighted by Crippen LogP contribution is 2.45. The van der Waals surface area contributed by atoms with Gasteiger partial charge in [0.25, 0.3) is 0 Å². The molecule has 0 saturated heterocycles. The van der Waals surface area contributed by atoms with Crippen LogP contribution in [-0.2, 0) is 65.4 Å². The highest BCUT2D eigenvalue weighted by atomic mass is 31.2. The van der Waals surface area contributed by atoms with Crippen LogP contribution in [0.2, 0.25) is 0 Å². The first-order valence-corrected chi connectivity index (χ1v) is 48.3. The summed E-state index contributed by atoms with van der Waals surface area (Å²) in [4.78, 5) is 73.3. The maximum Gasteiger partial charge on any atom is 0.472 e. The lowest BCUT2D eigenvalue weighted by atomic mass is 10.0. The normalized spacial score (nSPS) is 13.7. The van der Waals surface area contributed by atoms with Gasteiger partial charge in [-0.3, -0.25) is 37.3 Å². The van der Waals surface area contributed by atoms with Crippen molar-refractivity contribution in [2.75, 3.05) is 39.6 Å². The number of carbonyl (C=O) groups is 4. The number of unbranched alkanes of at least 4 members (excludes halogenated alkanes) is 62. The summed E-state index contributed by atoms with van der Waals surface area (Å²) in [6.07, 6.45) is 76.3. The molecule has 0 rings (SSSR count). The predicted molar refractivity (Wildman–Crippen MR) is 437 cm³/mol. The standard InChI is InChI=1S/C87H170O17P2/c1-5-9-13-17-21-25-29-33-36-38-40-42-44-47-50-54-58-62-66-70-74-87(92)104-83(78-98-85(90)72-68-64-60-56-52-48-46-43-41-39-37-34-30-26-22-18-14-10-6-2)80-102-106(95,96)100-76-81(88)75-99-105(93,94)101-79-82(77-97-84(89)71-67-63-59-55-51-32-28-24-20-16-12-8-4)103-86(91)73-69-65-61-57-53-49-45-35-31-27-23-19-15-11-7-3/h81-83,88H,5-80H2,1-4H3,(H,93,94)(H,95,96)/t81-,82+,83+/m0/s1. The zero-order chi connectivity index (χ0) is 77.4. The Bertz CT molecular complexity index is 2000. The van der Waals surface area contributed by atoms with E-state index in [2.05, 4.69) is 27.7 Å². The van der Waals surface area contributed by atoms with Crippen LogP contribution in [0.3, 0.4) is 0 Å². The summed E-state index contributed by atoms with van der Waals surface area (Å²) in [5.41, 5.74) is 0. The zero-order valence-electron chi connectivity index (χ0n) is 69.4. The molecular weight excluding hydrogens is 1380 g/mol. The van der Waals surface area contributed by atoms with Crippen LogP contribution in [0.25, 0.3) is 0 Å². The smallest absolute Gasteiger partial charge is 0.462 e. The fourth-order valence-corrected chi connectivity index (χ4v) is 15.3. The Kier molecular flexibility index (Phi) is 79.6. The summed E-state index contributed by atoms with van der Waals surface area (Å²) in [6, 6.07) is 0. The second kappa shape index (κ2) is 81.1. The number of aliphatic hydroxyl groups excluding tert-OH is 1. The molecule has 5 atom stereocenters. The molecule has 2 unspecified atom stereocenters. The summed E-state index contributed by atoms with van der Waals surface area (Å²) in [5, 5.41) is 10.7. The van der Waals surface area contributed by atoms with Gasteiger partial charge in [0.15, 0.2) is 12.2 Å². The fraction of sp³-hybridized carbons (Fsp3) is 0.954. The molecule has 0 amide bonds. The Balaban J connectivity index is 5.24. The molecule has 0 aromatic carbocycles. The summed E-state index contributed by atoms with van der Waals surface area (Å²) in [7, 11) is -9.93. The molecule has 0 aliphatic rings. The summed E-state index contributed by atoms with van der Waals surface area (Å²) >= 11 is 0. The molecule has 0 saturated carbocycles. The minimum Gasteiger partial charge on any atom is -0.462 e. The van der Waals surface area contributed by atoms with Gasteiger partial charge in [0, 0.05) is 25.7 Å². The Morgan fingerprint density at radius 1 is 0.226 bits per heavy atom. The van der Waals surface area contributed by atoms with E-state index in [1.807, 2.05) is 0 Å². The SMILES string of the molecule is CCCCCCCCCCCCCCCCCCCCCCC(=O)O[C@H](COC(=O)CCCCCCCCCCCCCCCCCCCCC)COP(=O)(O)OC[C@@H](O)COP(=O)(O)OC[C@@H](COC(=O)CCCCCCCCCCCCCC)OC(=O)CCCCCCCCCCCCCCCCC. The third kappa shape index (κ3) is 80.1. The highest BCUT2D eigenvalue weighted by Gasteiger charge is 2.30. The number of esters is 4. The third-order valence-electron chi connectivity index (χ3n) is 20.6. The van der Waals surface area contributed by atoms with Crippen LogP contribution in [0.1, 0.15) is 477 Å². The maximum absolute atomic E-state index is 13.2. The van der Waals surface area contributed by atoms with Gasteiger partial charge in [-0.05, 0) is 25.7 Å². The number of aliphatic hydroxyl groups is 1. The number of hydrogen-bond donors (Lipinski definition) is 3. The van der Waals surface area contributed by atoms with Gasteiger partial charge in [-0.2, -0.15) is 0 Å². The van der Waals surface area contributed by atoms with Crippen LogP contribution < -0.4 is 0 Å². The molecule has 0 spiro atoms. The van der Waals surface area contributed by atoms with E-state index in [0.29, 0.717) is 25.7 Å². The molecule has 0 aromatic rings. The lowest BCUT2D eigenvalue weighted by molar-refractivity contribution is -0.161. The minimum atomic E-state index is -4.97. The highest BCUT2D eigenvalue weighted by molar-refractivity contribution is 7.47. The molecule has 19 heteroatoms. The van der Waals surface area contributed by atoms with Crippen molar-refractivity contribution in [1.82, 2.24) is 0 Å². The average molecular weight is 1550 g/mol. The average Bonchev–Trinajstić information content (AvgIpc) is 0.901. The zero-order valence-corrected chi connectivity index (χ0v) is 71.2. The van der Waals surface area contributed by atoms with Crippen LogP contribution in [0.4, 0.5) is 0 Å². The largest absolute Gasteiger partial charge is 0.472 e. The van der Waals surface area contributed by atoms with Gasteiger partial charge in [-0.1, -0.05) is 426 Å². The van der Waals surface area contributed by atoms with E-state index in [1.165, 1.54) is 308 Å². The Morgan fingerprint density at radius 2 is 0.377 bits per heavy atom. The van der Waals surface area contributed by atoms with Gasteiger partial charge in [-0.25, -0.2) is 9.13 Å². The van der Waals surface area contributed by atoms with Crippen molar-refractivity contribution in [1.29, 1.82) is 0 Å². The first-order valence-electron chi connectivity index (χ1n) is 45.3. The van der Waals surface area contributed by atoms with Gasteiger partial charge < -0.3 is 33.8 Å². The van der Waals surface area contributed by atoms with Crippen LogP contribution in [-0.4, -0.2) is 96.7 Å². The molecule has 3 N–H and O–H groups in total. The third-order valence-corrected chi connectivity index (χ3v) is 22.5. The number of carbonyl (C=O) groups excluding carboxylic acids is 4. The van der Waals surface area contributed by atoms with Crippen molar-refractivity contribution in [3.63, 3.8) is 0 Å². The molecule has 0 aliphatic carbocycles. The van der Waals surface area contributed by atoms with Crippen molar-refractivity contribution in [3.05, 3.63) is 0 Å². The van der Waals surface area contributed by atoms with Crippen molar-refractivity contribution in [3.8, 4) is 0 Å². The molecule has 0 bridgehead atoms. The fourth-order valence-electron chi connectivity index (χ4n) is 13.7. The number of hydrogen-bond acceptors (Lipinski definition) is 15. The lowest BCUT2D eigenvalue weighted by Gasteiger charge is -2.21. The van der Waals surface area contributed by atoms with E-state index in [1.54, 1.807) is 0 Å². The number of phosphoric acid groups is 2. The Hall–Kier alpha value is -1.94. The molecule has 106 heavy (non-hydrogen) atoms. The molecule has 17 nitrogen and oxygen atoms in total. The first-order chi connectivity index (χ1) is 51.7. The van der Waals surface area contributed by atoms with Gasteiger partial charge in [0.1, 0.15) is 19.3 Å². The van der Waals surface area contributed by atoms with E-state index in [-0.39, 0.29) is 25.7 Å². The second-order valence-electron chi connectivity index (χ2n) is 31.3. The number of rotatable bonds is 88. The van der Waals surface area contributed by atoms with E-state index >= 15 is 0 Å². The lowest BCUT2D eigenvalue weighted by Crippen LogP contribution is -2.30. The van der Waals surface area contributed by atoms with Crippen molar-refractivity contribution in [2.24, 2.45) is 0 Å². The van der Waals surface area contributed by atoms with Crippen molar-refractivity contribution >= 4 is 39.5 Å². The van der Waals surface area contributed by atoms with Gasteiger partial charge >= 0.3 is 39.5 Å². The first kappa shape index (κ1) is 104. The van der Waals surface area contributed by atoms with Gasteiger partial charge in [-0.15, -0.1) is 0 Å². The monoisotopic (exact) mass is 1550 g/mol. The van der Waals surface area contributed by atoms with E-state index in [0.717, 1.165) is 89.9 Å². The summed E-state index contributed by atoms with van der Waals surface area (Å²) in [6.45, 7) is 5.07. The number of ether oxygens (including phenoxy) is 4. The Morgan fingerprint density at radius 3 is 0.557 bits per heavy atom. The molecule has 630 valence electrons. The minimum absolute atomic E-state index is 0.109. The molecule has 0 aromatic heterocycles. The van der Waals surface area contributed by atoms with Gasteiger partial charge in [0.05, 0.1) is 26.4 Å². The van der Waals surface area contributed by atoms with Crippen molar-refractivity contribution < 1.29 is 80.2 Å². The summed E-state index contributed by atoms with van der Waals surface area (Å²) in [5.74, 6) is -2.09. The van der Waals surface area contributed by atoms with E-state index in [4.69, 9.17) is 37.0 Å². The molecule has 0 fully saturated rings.